The molecule has 6 nitrogen and oxygen atoms in total. The zero-order chi connectivity index (χ0) is 20.3. The molecule has 0 atom stereocenters. The van der Waals surface area contributed by atoms with Crippen LogP contribution in [-0.4, -0.2) is 18.4 Å². The van der Waals surface area contributed by atoms with Crippen LogP contribution in [0.5, 0.6) is 5.88 Å². The molecule has 0 saturated heterocycles. The maximum Gasteiger partial charge on any atom is 0.264 e. The second-order valence-corrected chi connectivity index (χ2v) is 9.03. The Hall–Kier alpha value is -1.58. The standard InChI is InChI=1S/C17H11BrCl3N3O3S/c18-13-8-22-16(17(23-13)27-9-10-4-2-1-3-5-10)24-28(25,26)12-7-6-11(19)14(20)15(12)21/h1-8H,9H2,(H,22,24). The van der Waals surface area contributed by atoms with E-state index < -0.39 is 10.0 Å². The highest BCUT2D eigenvalue weighted by Crippen LogP contribution is 2.36. The quantitative estimate of drug-likeness (QED) is 0.427. The number of halogens is 4. The molecule has 0 amide bonds. The van der Waals surface area contributed by atoms with E-state index in [-0.39, 0.29) is 38.3 Å². The van der Waals surface area contributed by atoms with Gasteiger partial charge in [0.1, 0.15) is 16.1 Å². The van der Waals surface area contributed by atoms with Crippen LogP contribution in [0.1, 0.15) is 5.56 Å². The van der Waals surface area contributed by atoms with E-state index in [9.17, 15) is 8.42 Å². The maximum atomic E-state index is 12.8. The summed E-state index contributed by atoms with van der Waals surface area (Å²) in [6.07, 6.45) is 1.34. The first-order valence-corrected chi connectivity index (χ1v) is 11.0. The predicted molar refractivity (Wildman–Crippen MR) is 113 cm³/mol. The summed E-state index contributed by atoms with van der Waals surface area (Å²) < 4.78 is 33.9. The van der Waals surface area contributed by atoms with Gasteiger partial charge in [0.25, 0.3) is 15.9 Å². The lowest BCUT2D eigenvalue weighted by molar-refractivity contribution is 0.294. The van der Waals surface area contributed by atoms with Crippen molar-refractivity contribution in [2.45, 2.75) is 11.5 Å². The van der Waals surface area contributed by atoms with Crippen LogP contribution in [-0.2, 0) is 16.6 Å². The predicted octanol–water partition coefficient (Wildman–Crippen LogP) is 5.58. The van der Waals surface area contributed by atoms with E-state index in [1.165, 1.54) is 18.3 Å². The van der Waals surface area contributed by atoms with Crippen molar-refractivity contribution in [2.75, 3.05) is 4.72 Å². The lowest BCUT2D eigenvalue weighted by Crippen LogP contribution is -2.16. The molecule has 1 aromatic heterocycles. The lowest BCUT2D eigenvalue weighted by atomic mass is 10.2. The van der Waals surface area contributed by atoms with Gasteiger partial charge in [-0.2, -0.15) is 0 Å². The number of benzene rings is 2. The molecule has 3 aromatic rings. The monoisotopic (exact) mass is 521 g/mol. The van der Waals surface area contributed by atoms with Gasteiger partial charge in [-0.3, -0.25) is 4.72 Å². The molecule has 0 saturated carbocycles. The van der Waals surface area contributed by atoms with E-state index in [2.05, 4.69) is 30.6 Å². The first-order chi connectivity index (χ1) is 13.3. The first-order valence-electron chi connectivity index (χ1n) is 7.63. The van der Waals surface area contributed by atoms with E-state index in [1.54, 1.807) is 0 Å². The number of sulfonamides is 1. The molecular weight excluding hydrogens is 513 g/mol. The van der Waals surface area contributed by atoms with E-state index in [0.717, 1.165) is 5.56 Å². The minimum absolute atomic E-state index is 0.00186. The summed E-state index contributed by atoms with van der Waals surface area (Å²) in [7, 11) is -4.12. The van der Waals surface area contributed by atoms with Gasteiger partial charge in [-0.1, -0.05) is 65.1 Å². The van der Waals surface area contributed by atoms with Crippen LogP contribution in [0.15, 0.2) is 58.2 Å². The summed E-state index contributed by atoms with van der Waals surface area (Å²) in [6.45, 7) is 0.175. The number of ether oxygens (including phenoxy) is 1. The fourth-order valence-corrected chi connectivity index (χ4v) is 4.40. The summed E-state index contributed by atoms with van der Waals surface area (Å²) in [5.41, 5.74) is 0.880. The summed E-state index contributed by atoms with van der Waals surface area (Å²) in [5.74, 6) is -0.0979. The Balaban J connectivity index is 1.90. The molecule has 0 aliphatic rings. The summed E-state index contributed by atoms with van der Waals surface area (Å²) in [4.78, 5) is 7.94. The molecule has 0 radical (unpaired) electrons. The minimum atomic E-state index is -4.12. The highest BCUT2D eigenvalue weighted by atomic mass is 79.9. The molecule has 11 heteroatoms. The van der Waals surface area contributed by atoms with Gasteiger partial charge in [0.15, 0.2) is 0 Å². The number of hydrogen-bond donors (Lipinski definition) is 1. The van der Waals surface area contributed by atoms with Crippen molar-refractivity contribution in [3.63, 3.8) is 0 Å². The van der Waals surface area contributed by atoms with Gasteiger partial charge in [0.2, 0.25) is 5.82 Å². The van der Waals surface area contributed by atoms with Gasteiger partial charge < -0.3 is 4.74 Å². The molecule has 3 rings (SSSR count). The Morgan fingerprint density at radius 3 is 2.46 bits per heavy atom. The molecule has 0 bridgehead atoms. The van der Waals surface area contributed by atoms with Crippen LogP contribution < -0.4 is 9.46 Å². The Morgan fingerprint density at radius 1 is 1.04 bits per heavy atom. The summed E-state index contributed by atoms with van der Waals surface area (Å²) >= 11 is 21.0. The van der Waals surface area contributed by atoms with E-state index in [1.807, 2.05) is 30.3 Å². The molecule has 1 N–H and O–H groups in total. The second kappa shape index (κ2) is 8.84. The van der Waals surface area contributed by atoms with Crippen molar-refractivity contribution in [1.82, 2.24) is 9.97 Å². The van der Waals surface area contributed by atoms with Crippen LogP contribution >= 0.6 is 50.7 Å². The molecule has 2 aromatic carbocycles. The number of nitrogens with zero attached hydrogens (tertiary/aromatic N) is 2. The Labute approximate surface area is 185 Å². The molecule has 0 spiro atoms. The number of hydrogen-bond acceptors (Lipinski definition) is 5. The number of rotatable bonds is 6. The van der Waals surface area contributed by atoms with Crippen LogP contribution in [0.25, 0.3) is 0 Å². The van der Waals surface area contributed by atoms with Gasteiger partial charge in [0, 0.05) is 0 Å². The first kappa shape index (κ1) is 21.1. The summed E-state index contributed by atoms with van der Waals surface area (Å²) in [5, 5.41) is -0.118. The van der Waals surface area contributed by atoms with Crippen LogP contribution in [0.4, 0.5) is 5.82 Å². The van der Waals surface area contributed by atoms with Gasteiger partial charge in [-0.05, 0) is 33.6 Å². The van der Waals surface area contributed by atoms with Crippen molar-refractivity contribution in [3.05, 3.63) is 73.9 Å². The third kappa shape index (κ3) is 4.87. The van der Waals surface area contributed by atoms with E-state index in [0.29, 0.717) is 4.60 Å². The van der Waals surface area contributed by atoms with Crippen molar-refractivity contribution in [1.29, 1.82) is 0 Å². The Kier molecular flexibility index (Phi) is 6.67. The molecule has 0 aliphatic heterocycles. The number of anilines is 1. The zero-order valence-electron chi connectivity index (χ0n) is 13.9. The third-order valence-electron chi connectivity index (χ3n) is 3.45. The van der Waals surface area contributed by atoms with Gasteiger partial charge in [-0.25, -0.2) is 18.4 Å². The average Bonchev–Trinajstić information content (AvgIpc) is 2.67. The Bertz CT molecular complexity index is 1120. The van der Waals surface area contributed by atoms with Crippen molar-refractivity contribution in [3.8, 4) is 5.88 Å². The smallest absolute Gasteiger partial charge is 0.264 e. The molecule has 0 aliphatic carbocycles. The summed E-state index contributed by atoms with van der Waals surface area (Å²) in [6, 6.07) is 11.9. The van der Waals surface area contributed by atoms with Crippen LogP contribution in [0.2, 0.25) is 15.1 Å². The fourth-order valence-electron chi connectivity index (χ4n) is 2.15. The molecule has 1 heterocycles. The topological polar surface area (TPSA) is 81.2 Å². The molecule has 146 valence electrons. The van der Waals surface area contributed by atoms with Crippen molar-refractivity contribution >= 4 is 66.6 Å². The van der Waals surface area contributed by atoms with Gasteiger partial charge in [-0.15, -0.1) is 0 Å². The van der Waals surface area contributed by atoms with Crippen LogP contribution in [0.3, 0.4) is 0 Å². The second-order valence-electron chi connectivity index (χ2n) is 5.40. The molecule has 28 heavy (non-hydrogen) atoms. The minimum Gasteiger partial charge on any atom is -0.470 e. The number of aromatic nitrogens is 2. The fraction of sp³-hybridized carbons (Fsp3) is 0.0588. The maximum absolute atomic E-state index is 12.8. The van der Waals surface area contributed by atoms with Crippen molar-refractivity contribution in [2.24, 2.45) is 0 Å². The van der Waals surface area contributed by atoms with Gasteiger partial charge in [0.05, 0.1) is 21.3 Å². The zero-order valence-corrected chi connectivity index (χ0v) is 18.5. The normalized spacial score (nSPS) is 11.3. The average molecular weight is 524 g/mol. The SMILES string of the molecule is O=S(=O)(Nc1ncc(Br)nc1OCc1ccccc1)c1ccc(Cl)c(Cl)c1Cl. The highest BCUT2D eigenvalue weighted by Gasteiger charge is 2.24. The molecule has 0 unspecified atom stereocenters. The van der Waals surface area contributed by atoms with E-state index in [4.69, 9.17) is 39.5 Å². The lowest BCUT2D eigenvalue weighted by Gasteiger charge is -2.13. The molecule has 0 fully saturated rings. The number of nitrogens with one attached hydrogen (secondary N) is 1. The largest absolute Gasteiger partial charge is 0.470 e. The van der Waals surface area contributed by atoms with Crippen LogP contribution in [0, 0.1) is 0 Å². The highest BCUT2D eigenvalue weighted by molar-refractivity contribution is 9.10. The third-order valence-corrected chi connectivity index (χ3v) is 6.62. The molecular formula is C17H11BrCl3N3O3S. The van der Waals surface area contributed by atoms with Gasteiger partial charge >= 0.3 is 0 Å². The van der Waals surface area contributed by atoms with E-state index >= 15 is 0 Å². The van der Waals surface area contributed by atoms with Crippen molar-refractivity contribution < 1.29 is 13.2 Å². The Morgan fingerprint density at radius 2 is 1.75 bits per heavy atom.